The number of ether oxygens (including phenoxy) is 1. The van der Waals surface area contributed by atoms with Crippen LogP contribution in [0.5, 0.6) is 0 Å². The normalized spacial score (nSPS) is 12.0. The standard InChI is InChI=1S/C37H72O4/c1-3-5-6-7-8-9-10-11-12-13-14-15-16-17-18-19-24-27-30-34-37(40)41-35(31-4-2)32-28-25-22-20-21-23-26-29-33-36(38)39/h35H,3-34H2,1-2H3,(H,38,39). The third kappa shape index (κ3) is 33.3. The zero-order chi connectivity index (χ0) is 30.1. The highest BCUT2D eigenvalue weighted by Gasteiger charge is 2.13. The second-order valence-electron chi connectivity index (χ2n) is 12.8. The highest BCUT2D eigenvalue weighted by Crippen LogP contribution is 2.18. The van der Waals surface area contributed by atoms with Crippen LogP contribution in [0.25, 0.3) is 0 Å². The Balaban J connectivity index is 3.46. The molecule has 4 heteroatoms. The SMILES string of the molecule is CCCCCCCCCCCCCCCCCCCCCC(=O)OC(CCC)CCCCCCCCCCC(=O)O. The smallest absolute Gasteiger partial charge is 0.306 e. The van der Waals surface area contributed by atoms with Crippen LogP contribution in [0.2, 0.25) is 0 Å². The average Bonchev–Trinajstić information content (AvgIpc) is 2.95. The minimum absolute atomic E-state index is 0.0109. The van der Waals surface area contributed by atoms with Gasteiger partial charge in [-0.2, -0.15) is 0 Å². The van der Waals surface area contributed by atoms with Gasteiger partial charge in [0.25, 0.3) is 0 Å². The number of rotatable bonds is 34. The lowest BCUT2D eigenvalue weighted by Crippen LogP contribution is -2.18. The van der Waals surface area contributed by atoms with Gasteiger partial charge in [-0.1, -0.05) is 174 Å². The molecule has 0 fully saturated rings. The molecule has 0 rings (SSSR count). The van der Waals surface area contributed by atoms with Gasteiger partial charge in [-0.3, -0.25) is 9.59 Å². The molecule has 0 saturated carbocycles. The van der Waals surface area contributed by atoms with E-state index in [4.69, 9.17) is 9.84 Å². The number of unbranched alkanes of at least 4 members (excludes halogenated alkanes) is 25. The van der Waals surface area contributed by atoms with E-state index in [9.17, 15) is 9.59 Å². The summed E-state index contributed by atoms with van der Waals surface area (Å²) >= 11 is 0. The Bertz CT molecular complexity index is 547. The molecule has 0 aliphatic carbocycles. The van der Waals surface area contributed by atoms with Crippen molar-refractivity contribution in [2.75, 3.05) is 0 Å². The molecule has 0 aromatic heterocycles. The number of carboxylic acids is 1. The second-order valence-corrected chi connectivity index (χ2v) is 12.8. The summed E-state index contributed by atoms with van der Waals surface area (Å²) in [6.45, 7) is 4.46. The summed E-state index contributed by atoms with van der Waals surface area (Å²) in [5.41, 5.74) is 0. The van der Waals surface area contributed by atoms with Crippen LogP contribution in [0.4, 0.5) is 0 Å². The molecule has 4 nitrogen and oxygen atoms in total. The molecule has 0 saturated heterocycles. The van der Waals surface area contributed by atoms with Crippen LogP contribution >= 0.6 is 0 Å². The Morgan fingerprint density at radius 1 is 0.439 bits per heavy atom. The van der Waals surface area contributed by atoms with E-state index in [1.807, 2.05) is 0 Å². The Morgan fingerprint density at radius 3 is 1.15 bits per heavy atom. The van der Waals surface area contributed by atoms with Crippen molar-refractivity contribution >= 4 is 11.9 Å². The second kappa shape index (κ2) is 33.4. The van der Waals surface area contributed by atoms with Crippen LogP contribution in [0.1, 0.15) is 219 Å². The van der Waals surface area contributed by atoms with E-state index >= 15 is 0 Å². The first-order valence-corrected chi connectivity index (χ1v) is 18.5. The lowest BCUT2D eigenvalue weighted by Gasteiger charge is -2.17. The third-order valence-electron chi connectivity index (χ3n) is 8.56. The molecule has 244 valence electrons. The summed E-state index contributed by atoms with van der Waals surface area (Å²) < 4.78 is 5.83. The number of carboxylic acid groups (broad SMARTS) is 1. The van der Waals surface area contributed by atoms with Gasteiger partial charge in [-0.25, -0.2) is 0 Å². The van der Waals surface area contributed by atoms with Gasteiger partial charge in [0.15, 0.2) is 0 Å². The van der Waals surface area contributed by atoms with Crippen molar-refractivity contribution in [2.45, 2.75) is 225 Å². The van der Waals surface area contributed by atoms with Gasteiger partial charge in [0, 0.05) is 12.8 Å². The first-order chi connectivity index (χ1) is 20.1. The molecule has 0 radical (unpaired) electrons. The zero-order valence-electron chi connectivity index (χ0n) is 27.9. The molecule has 0 amide bonds. The lowest BCUT2D eigenvalue weighted by molar-refractivity contribution is -0.150. The molecular formula is C37H72O4. The first-order valence-electron chi connectivity index (χ1n) is 18.5. The van der Waals surface area contributed by atoms with E-state index in [0.29, 0.717) is 12.8 Å². The molecule has 0 bridgehead atoms. The number of aliphatic carboxylic acids is 1. The van der Waals surface area contributed by atoms with Crippen molar-refractivity contribution in [3.8, 4) is 0 Å². The van der Waals surface area contributed by atoms with Crippen molar-refractivity contribution in [3.63, 3.8) is 0 Å². The summed E-state index contributed by atoms with van der Waals surface area (Å²) in [6.07, 6.45) is 39.0. The fourth-order valence-electron chi connectivity index (χ4n) is 5.89. The molecule has 0 heterocycles. The Labute approximate surface area is 256 Å². The van der Waals surface area contributed by atoms with Crippen LogP contribution in [-0.4, -0.2) is 23.1 Å². The number of carbonyl (C=O) groups excluding carboxylic acids is 1. The largest absolute Gasteiger partial charge is 0.481 e. The molecule has 0 aromatic carbocycles. The topological polar surface area (TPSA) is 63.6 Å². The van der Waals surface area contributed by atoms with Crippen molar-refractivity contribution in [3.05, 3.63) is 0 Å². The predicted molar refractivity (Wildman–Crippen MR) is 177 cm³/mol. The fourth-order valence-corrected chi connectivity index (χ4v) is 5.89. The maximum absolute atomic E-state index is 12.4. The van der Waals surface area contributed by atoms with Crippen LogP contribution in [-0.2, 0) is 14.3 Å². The molecule has 0 spiro atoms. The van der Waals surface area contributed by atoms with Crippen molar-refractivity contribution in [2.24, 2.45) is 0 Å². The zero-order valence-corrected chi connectivity index (χ0v) is 27.9. The van der Waals surface area contributed by atoms with Crippen LogP contribution in [0.15, 0.2) is 0 Å². The van der Waals surface area contributed by atoms with Gasteiger partial charge in [-0.15, -0.1) is 0 Å². The minimum atomic E-state index is -0.682. The molecule has 1 N–H and O–H groups in total. The van der Waals surface area contributed by atoms with Gasteiger partial charge in [0.05, 0.1) is 0 Å². The van der Waals surface area contributed by atoms with Gasteiger partial charge in [-0.05, 0) is 32.1 Å². The maximum atomic E-state index is 12.4. The van der Waals surface area contributed by atoms with Gasteiger partial charge >= 0.3 is 11.9 Å². The lowest BCUT2D eigenvalue weighted by atomic mass is 10.0. The Morgan fingerprint density at radius 2 is 0.780 bits per heavy atom. The molecule has 1 atom stereocenters. The third-order valence-corrected chi connectivity index (χ3v) is 8.56. The first kappa shape index (κ1) is 39.9. The molecular weight excluding hydrogens is 508 g/mol. The van der Waals surface area contributed by atoms with E-state index in [-0.39, 0.29) is 12.1 Å². The number of hydrogen-bond donors (Lipinski definition) is 1. The summed E-state index contributed by atoms with van der Waals surface area (Å²) in [6, 6.07) is 0. The van der Waals surface area contributed by atoms with Crippen molar-refractivity contribution in [1.82, 2.24) is 0 Å². The highest BCUT2D eigenvalue weighted by atomic mass is 16.5. The predicted octanol–water partition coefficient (Wildman–Crippen LogP) is 12.5. The van der Waals surface area contributed by atoms with E-state index in [1.165, 1.54) is 135 Å². The molecule has 0 aliphatic heterocycles. The highest BCUT2D eigenvalue weighted by molar-refractivity contribution is 5.69. The van der Waals surface area contributed by atoms with E-state index in [1.54, 1.807) is 0 Å². The Kier molecular flexibility index (Phi) is 32.6. The maximum Gasteiger partial charge on any atom is 0.306 e. The number of carbonyl (C=O) groups is 2. The monoisotopic (exact) mass is 581 g/mol. The van der Waals surface area contributed by atoms with E-state index in [2.05, 4.69) is 13.8 Å². The fraction of sp³-hybridized carbons (Fsp3) is 0.946. The summed E-state index contributed by atoms with van der Waals surface area (Å²) in [5.74, 6) is -0.672. The average molecular weight is 581 g/mol. The van der Waals surface area contributed by atoms with Crippen LogP contribution < -0.4 is 0 Å². The van der Waals surface area contributed by atoms with Crippen LogP contribution in [0.3, 0.4) is 0 Å². The molecule has 1 unspecified atom stereocenters. The van der Waals surface area contributed by atoms with E-state index < -0.39 is 5.97 Å². The van der Waals surface area contributed by atoms with Gasteiger partial charge < -0.3 is 9.84 Å². The quantitative estimate of drug-likeness (QED) is 0.0607. The number of hydrogen-bond acceptors (Lipinski definition) is 3. The van der Waals surface area contributed by atoms with Gasteiger partial charge in [0.2, 0.25) is 0 Å². The van der Waals surface area contributed by atoms with Crippen LogP contribution in [0, 0.1) is 0 Å². The van der Waals surface area contributed by atoms with Crippen molar-refractivity contribution < 1.29 is 19.4 Å². The minimum Gasteiger partial charge on any atom is -0.481 e. The summed E-state index contributed by atoms with van der Waals surface area (Å²) in [7, 11) is 0. The summed E-state index contributed by atoms with van der Waals surface area (Å²) in [5, 5.41) is 8.67. The summed E-state index contributed by atoms with van der Waals surface area (Å²) in [4.78, 5) is 22.9. The Hall–Kier alpha value is -1.06. The number of esters is 1. The van der Waals surface area contributed by atoms with Crippen molar-refractivity contribution in [1.29, 1.82) is 0 Å². The van der Waals surface area contributed by atoms with Gasteiger partial charge in [0.1, 0.15) is 6.10 Å². The molecule has 41 heavy (non-hydrogen) atoms. The molecule has 0 aliphatic rings. The van der Waals surface area contributed by atoms with E-state index in [0.717, 1.165) is 57.8 Å². The molecule has 0 aromatic rings.